The van der Waals surface area contributed by atoms with Crippen molar-refractivity contribution in [2.75, 3.05) is 32.8 Å². The summed E-state index contributed by atoms with van der Waals surface area (Å²) >= 11 is 8.18. The molecule has 0 radical (unpaired) electrons. The van der Waals surface area contributed by atoms with Gasteiger partial charge in [-0.25, -0.2) is 0 Å². The highest BCUT2D eigenvalue weighted by Gasteiger charge is 2.25. The van der Waals surface area contributed by atoms with Crippen molar-refractivity contribution in [2.24, 2.45) is 0 Å². The molecule has 150 valence electrons. The highest BCUT2D eigenvalue weighted by Crippen LogP contribution is 2.29. The van der Waals surface area contributed by atoms with Crippen molar-refractivity contribution in [3.8, 4) is 0 Å². The van der Waals surface area contributed by atoms with E-state index in [-0.39, 0.29) is 11.9 Å². The van der Waals surface area contributed by atoms with Crippen LogP contribution in [0.4, 0.5) is 0 Å². The topological polar surface area (TPSA) is 41.6 Å². The molecule has 1 aliphatic heterocycles. The van der Waals surface area contributed by atoms with Gasteiger partial charge in [0.2, 0.25) is 0 Å². The van der Waals surface area contributed by atoms with Gasteiger partial charge in [-0.05, 0) is 23.8 Å². The van der Waals surface area contributed by atoms with Gasteiger partial charge in [0.1, 0.15) is 0 Å². The molecule has 1 saturated heterocycles. The SMILES string of the molecule is CC(C)Sc1ccccc1C(=O)NCC(c1ccccc1Cl)N1CCOCC1. The van der Waals surface area contributed by atoms with Crippen molar-refractivity contribution >= 4 is 29.3 Å². The monoisotopic (exact) mass is 418 g/mol. The van der Waals surface area contributed by atoms with E-state index in [4.69, 9.17) is 16.3 Å². The lowest BCUT2D eigenvalue weighted by atomic mass is 10.0. The minimum Gasteiger partial charge on any atom is -0.379 e. The maximum absolute atomic E-state index is 12.9. The molecule has 0 aromatic heterocycles. The van der Waals surface area contributed by atoms with Gasteiger partial charge in [-0.15, -0.1) is 11.8 Å². The van der Waals surface area contributed by atoms with Crippen LogP contribution in [0.15, 0.2) is 53.4 Å². The molecule has 1 aliphatic rings. The zero-order chi connectivity index (χ0) is 19.9. The Hall–Kier alpha value is -1.53. The number of carbonyl (C=O) groups excluding carboxylic acids is 1. The zero-order valence-electron chi connectivity index (χ0n) is 16.4. The lowest BCUT2D eigenvalue weighted by Gasteiger charge is -2.35. The summed E-state index contributed by atoms with van der Waals surface area (Å²) in [7, 11) is 0. The Bertz CT molecular complexity index is 794. The maximum Gasteiger partial charge on any atom is 0.252 e. The minimum atomic E-state index is -0.0472. The molecule has 0 saturated carbocycles. The maximum atomic E-state index is 12.9. The molecule has 2 aromatic carbocycles. The first kappa shape index (κ1) is 21.2. The van der Waals surface area contributed by atoms with Gasteiger partial charge in [0, 0.05) is 34.8 Å². The van der Waals surface area contributed by atoms with E-state index in [2.05, 4.69) is 24.1 Å². The summed E-state index contributed by atoms with van der Waals surface area (Å²) in [6, 6.07) is 15.7. The standard InChI is InChI=1S/C22H27ClN2O2S/c1-16(2)28-21-10-6-4-8-18(21)22(26)24-15-20(25-11-13-27-14-12-25)17-7-3-5-9-19(17)23/h3-10,16,20H,11-15H2,1-2H3,(H,24,26). The predicted octanol–water partition coefficient (Wildman–Crippen LogP) is 4.64. The van der Waals surface area contributed by atoms with Gasteiger partial charge in [0.25, 0.3) is 5.91 Å². The van der Waals surface area contributed by atoms with E-state index in [0.717, 1.165) is 34.1 Å². The van der Waals surface area contributed by atoms with E-state index in [9.17, 15) is 4.79 Å². The van der Waals surface area contributed by atoms with Gasteiger partial charge in [0.05, 0.1) is 24.8 Å². The summed E-state index contributed by atoms with van der Waals surface area (Å²) in [6.45, 7) is 7.81. The van der Waals surface area contributed by atoms with Crippen LogP contribution in [0, 0.1) is 0 Å². The van der Waals surface area contributed by atoms with Crippen LogP contribution >= 0.6 is 23.4 Å². The molecule has 1 atom stereocenters. The lowest BCUT2D eigenvalue weighted by molar-refractivity contribution is 0.0162. The van der Waals surface area contributed by atoms with Gasteiger partial charge in [0.15, 0.2) is 0 Å². The fraction of sp³-hybridized carbons (Fsp3) is 0.409. The van der Waals surface area contributed by atoms with E-state index in [1.165, 1.54) is 0 Å². The van der Waals surface area contributed by atoms with Crippen LogP contribution < -0.4 is 5.32 Å². The van der Waals surface area contributed by atoms with Crippen molar-refractivity contribution < 1.29 is 9.53 Å². The third-order valence-corrected chi connectivity index (χ3v) is 6.13. The van der Waals surface area contributed by atoms with Crippen LogP contribution in [0.25, 0.3) is 0 Å². The summed E-state index contributed by atoms with van der Waals surface area (Å²) in [5.41, 5.74) is 1.76. The first-order chi connectivity index (χ1) is 13.6. The summed E-state index contributed by atoms with van der Waals surface area (Å²) in [4.78, 5) is 16.3. The third-order valence-electron chi connectivity index (χ3n) is 4.70. The number of nitrogens with one attached hydrogen (secondary N) is 1. The van der Waals surface area contributed by atoms with Crippen LogP contribution in [0.3, 0.4) is 0 Å². The molecule has 1 N–H and O–H groups in total. The van der Waals surface area contributed by atoms with Crippen molar-refractivity contribution in [3.63, 3.8) is 0 Å². The molecular weight excluding hydrogens is 392 g/mol. The second-order valence-corrected chi connectivity index (χ2v) is 9.08. The highest BCUT2D eigenvalue weighted by molar-refractivity contribution is 8.00. The van der Waals surface area contributed by atoms with Gasteiger partial charge < -0.3 is 10.1 Å². The van der Waals surface area contributed by atoms with Crippen LogP contribution in [0.5, 0.6) is 0 Å². The number of ether oxygens (including phenoxy) is 1. The van der Waals surface area contributed by atoms with Crippen LogP contribution in [0.2, 0.25) is 5.02 Å². The van der Waals surface area contributed by atoms with Crippen molar-refractivity contribution in [3.05, 3.63) is 64.7 Å². The normalized spacial score (nSPS) is 16.1. The Labute approximate surface area is 176 Å². The molecule has 0 aliphatic carbocycles. The molecule has 3 rings (SSSR count). The number of thioether (sulfide) groups is 1. The first-order valence-electron chi connectivity index (χ1n) is 9.66. The number of amides is 1. The Balaban J connectivity index is 1.77. The van der Waals surface area contributed by atoms with Gasteiger partial charge in [-0.2, -0.15) is 0 Å². The smallest absolute Gasteiger partial charge is 0.252 e. The number of hydrogen-bond donors (Lipinski definition) is 1. The third kappa shape index (κ3) is 5.51. The first-order valence-corrected chi connectivity index (χ1v) is 10.9. The average molecular weight is 419 g/mol. The number of rotatable bonds is 7. The van der Waals surface area contributed by atoms with E-state index < -0.39 is 0 Å². The Morgan fingerprint density at radius 3 is 2.54 bits per heavy atom. The molecule has 0 bridgehead atoms. The molecule has 4 nitrogen and oxygen atoms in total. The Kier molecular flexibility index (Phi) is 7.80. The predicted molar refractivity (Wildman–Crippen MR) is 116 cm³/mol. The molecule has 1 heterocycles. The molecule has 28 heavy (non-hydrogen) atoms. The summed E-state index contributed by atoms with van der Waals surface area (Å²) < 4.78 is 5.50. The minimum absolute atomic E-state index is 0.0199. The molecule has 1 amide bonds. The lowest BCUT2D eigenvalue weighted by Crippen LogP contribution is -2.44. The molecule has 6 heteroatoms. The van der Waals surface area contributed by atoms with Crippen LogP contribution in [-0.2, 0) is 4.74 Å². The number of halogens is 1. The fourth-order valence-corrected chi connectivity index (χ4v) is 4.58. The number of morpholine rings is 1. The van der Waals surface area contributed by atoms with Gasteiger partial charge >= 0.3 is 0 Å². The van der Waals surface area contributed by atoms with Crippen LogP contribution in [0.1, 0.15) is 35.8 Å². The molecule has 1 fully saturated rings. The molecular formula is C22H27ClN2O2S. The number of nitrogens with zero attached hydrogens (tertiary/aromatic N) is 1. The molecule has 0 spiro atoms. The molecule has 2 aromatic rings. The van der Waals surface area contributed by atoms with E-state index >= 15 is 0 Å². The quantitative estimate of drug-likeness (QED) is 0.665. The van der Waals surface area contributed by atoms with Gasteiger partial charge in [-0.3, -0.25) is 9.69 Å². The van der Waals surface area contributed by atoms with Gasteiger partial charge in [-0.1, -0.05) is 55.8 Å². The number of benzene rings is 2. The Morgan fingerprint density at radius 2 is 1.82 bits per heavy atom. The largest absolute Gasteiger partial charge is 0.379 e. The van der Waals surface area contributed by atoms with E-state index in [1.807, 2.05) is 48.5 Å². The summed E-state index contributed by atoms with van der Waals surface area (Å²) in [5.74, 6) is -0.0472. The second kappa shape index (κ2) is 10.3. The number of carbonyl (C=O) groups is 1. The van der Waals surface area contributed by atoms with Crippen molar-refractivity contribution in [1.82, 2.24) is 10.2 Å². The summed E-state index contributed by atoms with van der Waals surface area (Å²) in [6.07, 6.45) is 0. The van der Waals surface area contributed by atoms with E-state index in [0.29, 0.717) is 25.0 Å². The highest BCUT2D eigenvalue weighted by atomic mass is 35.5. The fourth-order valence-electron chi connectivity index (χ4n) is 3.37. The Morgan fingerprint density at radius 1 is 1.14 bits per heavy atom. The zero-order valence-corrected chi connectivity index (χ0v) is 17.9. The summed E-state index contributed by atoms with van der Waals surface area (Å²) in [5, 5.41) is 4.28. The molecule has 1 unspecified atom stereocenters. The van der Waals surface area contributed by atoms with E-state index in [1.54, 1.807) is 11.8 Å². The van der Waals surface area contributed by atoms with Crippen molar-refractivity contribution in [2.45, 2.75) is 30.0 Å². The number of hydrogen-bond acceptors (Lipinski definition) is 4. The second-order valence-electron chi connectivity index (χ2n) is 7.06. The van der Waals surface area contributed by atoms with Crippen molar-refractivity contribution in [1.29, 1.82) is 0 Å². The average Bonchev–Trinajstić information content (AvgIpc) is 2.70. The van der Waals surface area contributed by atoms with Crippen LogP contribution in [-0.4, -0.2) is 48.9 Å².